The van der Waals surface area contributed by atoms with Crippen molar-refractivity contribution in [2.75, 3.05) is 5.73 Å². The lowest BCUT2D eigenvalue weighted by molar-refractivity contribution is 0.0972. The third-order valence-corrected chi connectivity index (χ3v) is 2.27. The van der Waals surface area contributed by atoms with E-state index in [1.807, 2.05) is 0 Å². The minimum Gasteiger partial charge on any atom is -0.397 e. The third kappa shape index (κ3) is 1.86. The standard InChI is InChI=1S/C10H12N2O/c11-8-2-1-5-12-10(8)9(13)6-7-3-4-7/h1-2,5,7H,3-4,6,11H2. The highest BCUT2D eigenvalue weighted by atomic mass is 16.1. The van der Waals surface area contributed by atoms with E-state index in [4.69, 9.17) is 5.73 Å². The van der Waals surface area contributed by atoms with E-state index >= 15 is 0 Å². The van der Waals surface area contributed by atoms with Gasteiger partial charge in [0.15, 0.2) is 5.78 Å². The van der Waals surface area contributed by atoms with Gasteiger partial charge in [0.25, 0.3) is 0 Å². The van der Waals surface area contributed by atoms with Gasteiger partial charge in [-0.2, -0.15) is 0 Å². The molecule has 0 aromatic carbocycles. The molecule has 3 nitrogen and oxygen atoms in total. The molecule has 0 saturated heterocycles. The number of nitrogens with zero attached hydrogens (tertiary/aromatic N) is 1. The molecule has 1 aromatic heterocycles. The van der Waals surface area contributed by atoms with Gasteiger partial charge in [-0.25, -0.2) is 0 Å². The van der Waals surface area contributed by atoms with Crippen LogP contribution in [0, 0.1) is 5.92 Å². The number of nitrogens with two attached hydrogens (primary N) is 1. The van der Waals surface area contributed by atoms with E-state index in [-0.39, 0.29) is 5.78 Å². The Kier molecular flexibility index (Phi) is 2.00. The van der Waals surface area contributed by atoms with Crippen LogP contribution >= 0.6 is 0 Å². The number of hydrogen-bond donors (Lipinski definition) is 1. The van der Waals surface area contributed by atoms with Crippen molar-refractivity contribution in [1.29, 1.82) is 0 Å². The number of hydrogen-bond acceptors (Lipinski definition) is 3. The molecule has 1 aliphatic carbocycles. The van der Waals surface area contributed by atoms with Crippen LogP contribution in [0.5, 0.6) is 0 Å². The number of aromatic nitrogens is 1. The fourth-order valence-electron chi connectivity index (χ4n) is 1.33. The fourth-order valence-corrected chi connectivity index (χ4v) is 1.33. The second-order valence-corrected chi connectivity index (χ2v) is 3.51. The van der Waals surface area contributed by atoms with Crippen molar-refractivity contribution < 1.29 is 4.79 Å². The Morgan fingerprint density at radius 3 is 3.00 bits per heavy atom. The van der Waals surface area contributed by atoms with Crippen LogP contribution in [-0.2, 0) is 0 Å². The van der Waals surface area contributed by atoms with E-state index in [2.05, 4.69) is 4.98 Å². The number of nitrogen functional groups attached to an aromatic ring is 1. The molecule has 2 rings (SSSR count). The molecule has 1 aromatic rings. The molecule has 1 heterocycles. The third-order valence-electron chi connectivity index (χ3n) is 2.27. The minimum atomic E-state index is 0.0839. The number of carbonyl (C=O) groups excluding carboxylic acids is 1. The van der Waals surface area contributed by atoms with Crippen LogP contribution in [0.1, 0.15) is 29.8 Å². The average molecular weight is 176 g/mol. The Labute approximate surface area is 77.0 Å². The number of ketones is 1. The molecule has 0 unspecified atom stereocenters. The van der Waals surface area contributed by atoms with Crippen LogP contribution in [0.25, 0.3) is 0 Å². The SMILES string of the molecule is Nc1cccnc1C(=O)CC1CC1. The first kappa shape index (κ1) is 8.23. The molecule has 68 valence electrons. The van der Waals surface area contributed by atoms with Gasteiger partial charge in [0, 0.05) is 12.6 Å². The molecule has 0 bridgehead atoms. The first-order valence-electron chi connectivity index (χ1n) is 4.51. The largest absolute Gasteiger partial charge is 0.397 e. The van der Waals surface area contributed by atoms with Crippen LogP contribution in [0.2, 0.25) is 0 Å². The van der Waals surface area contributed by atoms with Gasteiger partial charge in [-0.05, 0) is 30.9 Å². The van der Waals surface area contributed by atoms with Gasteiger partial charge in [0.1, 0.15) is 5.69 Å². The molecular weight excluding hydrogens is 164 g/mol. The number of anilines is 1. The highest BCUT2D eigenvalue weighted by Gasteiger charge is 2.26. The van der Waals surface area contributed by atoms with Crippen molar-refractivity contribution in [3.63, 3.8) is 0 Å². The summed E-state index contributed by atoms with van der Waals surface area (Å²) in [6.45, 7) is 0. The maximum absolute atomic E-state index is 11.6. The fraction of sp³-hybridized carbons (Fsp3) is 0.400. The smallest absolute Gasteiger partial charge is 0.183 e. The van der Waals surface area contributed by atoms with Crippen molar-refractivity contribution in [1.82, 2.24) is 4.98 Å². The van der Waals surface area contributed by atoms with E-state index in [0.717, 1.165) is 0 Å². The maximum Gasteiger partial charge on any atom is 0.183 e. The first-order valence-corrected chi connectivity index (χ1v) is 4.51. The molecule has 2 N–H and O–H groups in total. The summed E-state index contributed by atoms with van der Waals surface area (Å²) in [6.07, 6.45) is 4.58. The van der Waals surface area contributed by atoms with Crippen LogP contribution in [0.15, 0.2) is 18.3 Å². The second kappa shape index (κ2) is 3.17. The molecule has 1 fully saturated rings. The summed E-state index contributed by atoms with van der Waals surface area (Å²) in [4.78, 5) is 15.6. The maximum atomic E-state index is 11.6. The topological polar surface area (TPSA) is 56.0 Å². The minimum absolute atomic E-state index is 0.0839. The molecule has 3 heteroatoms. The highest BCUT2D eigenvalue weighted by molar-refractivity contribution is 5.98. The first-order chi connectivity index (χ1) is 6.27. The van der Waals surface area contributed by atoms with Gasteiger partial charge in [0.2, 0.25) is 0 Å². The van der Waals surface area contributed by atoms with Gasteiger partial charge >= 0.3 is 0 Å². The van der Waals surface area contributed by atoms with Crippen LogP contribution in [0.3, 0.4) is 0 Å². The second-order valence-electron chi connectivity index (χ2n) is 3.51. The highest BCUT2D eigenvalue weighted by Crippen LogP contribution is 2.33. The predicted molar refractivity (Wildman–Crippen MR) is 50.3 cm³/mol. The lowest BCUT2D eigenvalue weighted by Gasteiger charge is -2.01. The Bertz CT molecular complexity index is 331. The van der Waals surface area contributed by atoms with Crippen molar-refractivity contribution in [2.24, 2.45) is 5.92 Å². The van der Waals surface area contributed by atoms with Crippen LogP contribution < -0.4 is 5.73 Å². The van der Waals surface area contributed by atoms with Gasteiger partial charge < -0.3 is 5.73 Å². The molecule has 0 atom stereocenters. The number of Topliss-reactive ketones (excluding diaryl/α,β-unsaturated/α-hetero) is 1. The van der Waals surface area contributed by atoms with E-state index in [0.29, 0.717) is 23.7 Å². The van der Waals surface area contributed by atoms with E-state index in [9.17, 15) is 4.79 Å². The summed E-state index contributed by atoms with van der Waals surface area (Å²) in [5.74, 6) is 0.675. The monoisotopic (exact) mass is 176 g/mol. The zero-order valence-electron chi connectivity index (χ0n) is 7.36. The Morgan fingerprint density at radius 2 is 2.38 bits per heavy atom. The Hall–Kier alpha value is -1.38. The van der Waals surface area contributed by atoms with E-state index in [1.165, 1.54) is 12.8 Å². The van der Waals surface area contributed by atoms with E-state index < -0.39 is 0 Å². The number of pyridine rings is 1. The number of carbonyl (C=O) groups is 1. The van der Waals surface area contributed by atoms with E-state index in [1.54, 1.807) is 18.3 Å². The van der Waals surface area contributed by atoms with Gasteiger partial charge in [0.05, 0.1) is 5.69 Å². The predicted octanol–water partition coefficient (Wildman–Crippen LogP) is 1.65. The van der Waals surface area contributed by atoms with Crippen molar-refractivity contribution in [3.8, 4) is 0 Å². The summed E-state index contributed by atoms with van der Waals surface area (Å²) < 4.78 is 0. The zero-order valence-corrected chi connectivity index (χ0v) is 7.36. The Morgan fingerprint density at radius 1 is 1.62 bits per heavy atom. The normalized spacial score (nSPS) is 15.7. The summed E-state index contributed by atoms with van der Waals surface area (Å²) in [5, 5.41) is 0. The van der Waals surface area contributed by atoms with Gasteiger partial charge in [-0.1, -0.05) is 0 Å². The van der Waals surface area contributed by atoms with Crippen molar-refractivity contribution in [2.45, 2.75) is 19.3 Å². The van der Waals surface area contributed by atoms with Gasteiger partial charge in [-0.3, -0.25) is 9.78 Å². The number of rotatable bonds is 3. The van der Waals surface area contributed by atoms with Crippen LogP contribution in [-0.4, -0.2) is 10.8 Å². The molecule has 1 saturated carbocycles. The molecule has 13 heavy (non-hydrogen) atoms. The molecule has 0 spiro atoms. The van der Waals surface area contributed by atoms with Crippen molar-refractivity contribution in [3.05, 3.63) is 24.0 Å². The summed E-state index contributed by atoms with van der Waals surface area (Å²) >= 11 is 0. The van der Waals surface area contributed by atoms with Crippen molar-refractivity contribution >= 4 is 11.5 Å². The summed E-state index contributed by atoms with van der Waals surface area (Å²) in [5.41, 5.74) is 6.57. The van der Waals surface area contributed by atoms with Gasteiger partial charge in [-0.15, -0.1) is 0 Å². The summed E-state index contributed by atoms with van der Waals surface area (Å²) in [7, 11) is 0. The molecular formula is C10H12N2O. The van der Waals surface area contributed by atoms with Crippen LogP contribution in [0.4, 0.5) is 5.69 Å². The lowest BCUT2D eigenvalue weighted by atomic mass is 10.1. The molecule has 1 aliphatic rings. The Balaban J connectivity index is 2.13. The molecule has 0 radical (unpaired) electrons. The average Bonchev–Trinajstić information content (AvgIpc) is 2.89. The lowest BCUT2D eigenvalue weighted by Crippen LogP contribution is -2.06. The molecule has 0 amide bonds. The zero-order chi connectivity index (χ0) is 9.26. The molecule has 0 aliphatic heterocycles. The summed E-state index contributed by atoms with van der Waals surface area (Å²) in [6, 6.07) is 3.45. The quantitative estimate of drug-likeness (QED) is 0.712.